The van der Waals surface area contributed by atoms with Crippen molar-refractivity contribution in [2.45, 2.75) is 66.4 Å². The summed E-state index contributed by atoms with van der Waals surface area (Å²) in [6.07, 6.45) is 1.64. The Labute approximate surface area is 115 Å². The quantitative estimate of drug-likeness (QED) is 0.618. The third-order valence-corrected chi connectivity index (χ3v) is 3.58. The minimum Gasteiger partial charge on any atom is -0.480 e. The first-order valence-electron chi connectivity index (χ1n) is 6.85. The van der Waals surface area contributed by atoms with E-state index in [0.29, 0.717) is 12.8 Å². The highest BCUT2D eigenvalue weighted by Crippen LogP contribution is 2.49. The molecule has 2 unspecified atom stereocenters. The molecule has 1 rings (SSSR count). The molecule has 0 aromatic heterocycles. The minimum atomic E-state index is -1.39. The van der Waals surface area contributed by atoms with Crippen LogP contribution in [0.2, 0.25) is 0 Å². The lowest BCUT2D eigenvalue weighted by Crippen LogP contribution is -2.50. The number of aliphatic carboxylic acids is 1. The molecule has 0 spiro atoms. The van der Waals surface area contributed by atoms with Crippen LogP contribution in [-0.2, 0) is 14.3 Å². The van der Waals surface area contributed by atoms with E-state index in [1.54, 1.807) is 20.8 Å². The van der Waals surface area contributed by atoms with E-state index < -0.39 is 23.0 Å². The molecule has 4 heteroatoms. The third kappa shape index (κ3) is 3.71. The van der Waals surface area contributed by atoms with Crippen molar-refractivity contribution in [2.75, 3.05) is 0 Å². The molecule has 1 aliphatic carbocycles. The zero-order valence-electron chi connectivity index (χ0n) is 12.9. The van der Waals surface area contributed by atoms with E-state index in [9.17, 15) is 14.7 Å². The van der Waals surface area contributed by atoms with Crippen molar-refractivity contribution in [3.63, 3.8) is 0 Å². The lowest BCUT2D eigenvalue weighted by molar-refractivity contribution is -0.184. The van der Waals surface area contributed by atoms with Gasteiger partial charge in [0, 0.05) is 0 Å². The van der Waals surface area contributed by atoms with Crippen LogP contribution in [0, 0.1) is 16.7 Å². The lowest BCUT2D eigenvalue weighted by Gasteiger charge is -2.44. The van der Waals surface area contributed by atoms with Crippen LogP contribution >= 0.6 is 0 Å². The molecule has 0 bridgehead atoms. The van der Waals surface area contributed by atoms with E-state index in [1.165, 1.54) is 0 Å². The zero-order valence-corrected chi connectivity index (χ0v) is 12.9. The molecule has 2 atom stereocenters. The number of ether oxygens (including phenoxy) is 1. The van der Waals surface area contributed by atoms with E-state index in [0.717, 1.165) is 6.42 Å². The molecular weight excluding hydrogens is 244 g/mol. The number of rotatable bonds is 2. The first-order valence-corrected chi connectivity index (χ1v) is 6.85. The fraction of sp³-hybridized carbons (Fsp3) is 0.867. The summed E-state index contributed by atoms with van der Waals surface area (Å²) in [6, 6.07) is 0. The molecule has 19 heavy (non-hydrogen) atoms. The van der Waals surface area contributed by atoms with Crippen LogP contribution in [0.5, 0.6) is 0 Å². The van der Waals surface area contributed by atoms with Gasteiger partial charge in [-0.15, -0.1) is 0 Å². The number of carbonyl (C=O) groups is 2. The summed E-state index contributed by atoms with van der Waals surface area (Å²) in [5, 5.41) is 9.61. The third-order valence-electron chi connectivity index (χ3n) is 3.58. The minimum absolute atomic E-state index is 0.160. The van der Waals surface area contributed by atoms with Crippen LogP contribution in [0.1, 0.15) is 60.8 Å². The van der Waals surface area contributed by atoms with Gasteiger partial charge in [0.15, 0.2) is 5.41 Å². The Kier molecular flexibility index (Phi) is 4.04. The standard InChI is InChI=1S/C15H26O4/c1-10-7-14(5,6)9-15(8-10,11(16)17)12(18)19-13(2,3)4/h10H,7-9H2,1-6H3,(H,16,17). The molecule has 0 heterocycles. The first kappa shape index (κ1) is 16.0. The summed E-state index contributed by atoms with van der Waals surface area (Å²) in [4.78, 5) is 24.1. The lowest BCUT2D eigenvalue weighted by atomic mass is 9.60. The molecule has 1 N–H and O–H groups in total. The molecule has 0 radical (unpaired) electrons. The topological polar surface area (TPSA) is 63.6 Å². The summed E-state index contributed by atoms with van der Waals surface area (Å²) in [7, 11) is 0. The van der Waals surface area contributed by atoms with Gasteiger partial charge in [0.05, 0.1) is 0 Å². The Morgan fingerprint density at radius 2 is 1.74 bits per heavy atom. The van der Waals surface area contributed by atoms with Crippen LogP contribution in [0.3, 0.4) is 0 Å². The zero-order chi connectivity index (χ0) is 15.1. The first-order chi connectivity index (χ1) is 8.38. The summed E-state index contributed by atoms with van der Waals surface area (Å²) >= 11 is 0. The van der Waals surface area contributed by atoms with Crippen molar-refractivity contribution < 1.29 is 19.4 Å². The predicted molar refractivity (Wildman–Crippen MR) is 72.7 cm³/mol. The molecule has 4 nitrogen and oxygen atoms in total. The predicted octanol–water partition coefficient (Wildman–Crippen LogP) is 3.25. The van der Waals surface area contributed by atoms with Crippen molar-refractivity contribution in [1.82, 2.24) is 0 Å². The summed E-state index contributed by atoms with van der Waals surface area (Å²) in [5.41, 5.74) is -2.22. The van der Waals surface area contributed by atoms with Gasteiger partial charge in [0.1, 0.15) is 5.60 Å². The van der Waals surface area contributed by atoms with Gasteiger partial charge >= 0.3 is 11.9 Å². The molecule has 1 saturated carbocycles. The summed E-state index contributed by atoms with van der Waals surface area (Å²) in [6.45, 7) is 11.3. The second-order valence-electron chi connectivity index (χ2n) is 7.74. The van der Waals surface area contributed by atoms with Gasteiger partial charge in [0.2, 0.25) is 0 Å². The van der Waals surface area contributed by atoms with Crippen molar-refractivity contribution in [3.8, 4) is 0 Å². The molecular formula is C15H26O4. The van der Waals surface area contributed by atoms with E-state index in [-0.39, 0.29) is 11.3 Å². The highest BCUT2D eigenvalue weighted by atomic mass is 16.6. The van der Waals surface area contributed by atoms with Crippen LogP contribution in [0.25, 0.3) is 0 Å². The van der Waals surface area contributed by atoms with Gasteiger partial charge in [-0.2, -0.15) is 0 Å². The van der Waals surface area contributed by atoms with Gasteiger partial charge in [-0.25, -0.2) is 0 Å². The summed E-state index contributed by atoms with van der Waals surface area (Å²) in [5.74, 6) is -1.44. The van der Waals surface area contributed by atoms with Gasteiger partial charge < -0.3 is 9.84 Å². The highest BCUT2D eigenvalue weighted by molar-refractivity contribution is 5.99. The molecule has 0 aromatic carbocycles. The van der Waals surface area contributed by atoms with Gasteiger partial charge in [-0.3, -0.25) is 9.59 Å². The molecule has 0 aromatic rings. The Hall–Kier alpha value is -1.06. The highest BCUT2D eigenvalue weighted by Gasteiger charge is 2.55. The van der Waals surface area contributed by atoms with E-state index in [1.807, 2.05) is 20.8 Å². The van der Waals surface area contributed by atoms with Gasteiger partial charge in [-0.05, 0) is 51.4 Å². The molecule has 110 valence electrons. The van der Waals surface area contributed by atoms with Crippen molar-refractivity contribution >= 4 is 11.9 Å². The number of hydrogen-bond donors (Lipinski definition) is 1. The monoisotopic (exact) mass is 270 g/mol. The molecule has 0 saturated heterocycles. The van der Waals surface area contributed by atoms with Crippen LogP contribution in [-0.4, -0.2) is 22.6 Å². The number of esters is 1. The smallest absolute Gasteiger partial charge is 0.324 e. The number of hydrogen-bond acceptors (Lipinski definition) is 3. The van der Waals surface area contributed by atoms with Crippen LogP contribution in [0.4, 0.5) is 0 Å². The SMILES string of the molecule is CC1CC(C)(C)CC(C(=O)O)(C(=O)OC(C)(C)C)C1. The maximum Gasteiger partial charge on any atom is 0.324 e. The van der Waals surface area contributed by atoms with Gasteiger partial charge in [-0.1, -0.05) is 20.8 Å². The Bertz CT molecular complexity index is 378. The molecule has 1 fully saturated rings. The van der Waals surface area contributed by atoms with E-state index in [4.69, 9.17) is 4.74 Å². The number of carboxylic acids is 1. The van der Waals surface area contributed by atoms with Crippen molar-refractivity contribution in [2.24, 2.45) is 16.7 Å². The summed E-state index contributed by atoms with van der Waals surface area (Å²) < 4.78 is 5.36. The fourth-order valence-electron chi connectivity index (χ4n) is 3.35. The van der Waals surface area contributed by atoms with Crippen molar-refractivity contribution in [3.05, 3.63) is 0 Å². The number of carboxylic acid groups (broad SMARTS) is 1. The Balaban J connectivity index is 3.10. The Morgan fingerprint density at radius 1 is 1.21 bits per heavy atom. The van der Waals surface area contributed by atoms with Crippen LogP contribution < -0.4 is 0 Å². The molecule has 1 aliphatic rings. The van der Waals surface area contributed by atoms with Gasteiger partial charge in [0.25, 0.3) is 0 Å². The molecule has 0 amide bonds. The maximum absolute atomic E-state index is 12.4. The van der Waals surface area contributed by atoms with Crippen LogP contribution in [0.15, 0.2) is 0 Å². The van der Waals surface area contributed by atoms with E-state index >= 15 is 0 Å². The maximum atomic E-state index is 12.4. The number of carbonyl (C=O) groups excluding carboxylic acids is 1. The average molecular weight is 270 g/mol. The second-order valence-corrected chi connectivity index (χ2v) is 7.74. The second kappa shape index (κ2) is 4.80. The average Bonchev–Trinajstić information content (AvgIpc) is 2.10. The molecule has 0 aliphatic heterocycles. The van der Waals surface area contributed by atoms with E-state index in [2.05, 4.69) is 0 Å². The largest absolute Gasteiger partial charge is 0.480 e. The fourth-order valence-corrected chi connectivity index (χ4v) is 3.35. The van der Waals surface area contributed by atoms with Crippen molar-refractivity contribution in [1.29, 1.82) is 0 Å². The Morgan fingerprint density at radius 3 is 2.11 bits per heavy atom. The normalized spacial score (nSPS) is 30.7.